The summed E-state index contributed by atoms with van der Waals surface area (Å²) in [7, 11) is 1.80. The van der Waals surface area contributed by atoms with E-state index in [0.29, 0.717) is 23.6 Å². The Labute approximate surface area is 176 Å². The highest BCUT2D eigenvalue weighted by atomic mass is 35.5. The van der Waals surface area contributed by atoms with Crippen molar-refractivity contribution in [1.29, 1.82) is 0 Å². The summed E-state index contributed by atoms with van der Waals surface area (Å²) in [6.45, 7) is 0. The van der Waals surface area contributed by atoms with Crippen LogP contribution in [-0.2, 0) is 14.4 Å². The molecule has 1 aromatic rings. The average molecular weight is 435 g/mol. The zero-order chi connectivity index (χ0) is 20.6. The van der Waals surface area contributed by atoms with Gasteiger partial charge in [-0.1, -0.05) is 11.6 Å². The number of allylic oxidation sites excluding steroid dienone is 3. The summed E-state index contributed by atoms with van der Waals surface area (Å²) >= 11 is 8.11. The molecule has 3 heterocycles. The van der Waals surface area contributed by atoms with Crippen molar-refractivity contribution in [2.75, 3.05) is 29.2 Å². The standard InChI is InChI=1S/C18H19ClN6O3S/c1-25-15(17(28)24-18(25)7-29-8-18)12(19)4-11(6-26)22-13-5-14(21-9-20-13)23-16(27)10-2-3-10/h4-6,9-10H,2-3,7-8H2,1H3,(H,24,28)(H2,20,21,22,23,27)/b11-4+,15-12+. The number of hydrogen-bond acceptors (Lipinski definition) is 8. The predicted molar refractivity (Wildman–Crippen MR) is 110 cm³/mol. The topological polar surface area (TPSA) is 116 Å². The summed E-state index contributed by atoms with van der Waals surface area (Å²) in [5, 5.41) is 8.65. The van der Waals surface area contributed by atoms with Crippen molar-refractivity contribution in [3.63, 3.8) is 0 Å². The summed E-state index contributed by atoms with van der Waals surface area (Å²) in [5.41, 5.74) is 0.0280. The molecule has 1 spiro atoms. The van der Waals surface area contributed by atoms with Gasteiger partial charge in [-0.05, 0) is 18.9 Å². The summed E-state index contributed by atoms with van der Waals surface area (Å²) in [5.74, 6) is 1.91. The smallest absolute Gasteiger partial charge is 0.271 e. The van der Waals surface area contributed by atoms with E-state index in [1.54, 1.807) is 18.8 Å². The predicted octanol–water partition coefficient (Wildman–Crippen LogP) is 1.27. The van der Waals surface area contributed by atoms with E-state index in [9.17, 15) is 14.4 Å². The Morgan fingerprint density at radius 1 is 1.34 bits per heavy atom. The van der Waals surface area contributed by atoms with E-state index in [1.807, 2.05) is 4.90 Å². The number of halogens is 1. The van der Waals surface area contributed by atoms with Gasteiger partial charge >= 0.3 is 0 Å². The summed E-state index contributed by atoms with van der Waals surface area (Å²) in [6, 6.07) is 1.52. The van der Waals surface area contributed by atoms with Crippen LogP contribution in [-0.4, -0.2) is 57.2 Å². The molecule has 0 unspecified atom stereocenters. The van der Waals surface area contributed by atoms with E-state index in [0.717, 1.165) is 24.3 Å². The Morgan fingerprint density at radius 2 is 2.03 bits per heavy atom. The lowest BCUT2D eigenvalue weighted by Gasteiger charge is -2.43. The van der Waals surface area contributed by atoms with Crippen LogP contribution in [0, 0.1) is 5.92 Å². The molecule has 4 rings (SSSR count). The van der Waals surface area contributed by atoms with Crippen LogP contribution in [0.3, 0.4) is 0 Å². The number of hydrogen-bond donors (Lipinski definition) is 3. The molecule has 0 radical (unpaired) electrons. The Hall–Kier alpha value is -2.59. The first-order chi connectivity index (χ1) is 13.9. The normalized spacial score (nSPS) is 22.1. The van der Waals surface area contributed by atoms with Gasteiger partial charge < -0.3 is 20.9 Å². The first kappa shape index (κ1) is 19.7. The third kappa shape index (κ3) is 3.95. The minimum absolute atomic E-state index is 0.0455. The van der Waals surface area contributed by atoms with Gasteiger partial charge in [0.1, 0.15) is 29.3 Å². The number of carbonyl (C=O) groups is 3. The van der Waals surface area contributed by atoms with Crippen LogP contribution >= 0.6 is 23.4 Å². The number of thioether (sulfide) groups is 1. The van der Waals surface area contributed by atoms with Gasteiger partial charge in [-0.25, -0.2) is 9.97 Å². The zero-order valence-corrected chi connectivity index (χ0v) is 17.1. The monoisotopic (exact) mass is 434 g/mol. The molecule has 2 saturated heterocycles. The number of nitrogens with zero attached hydrogens (tertiary/aromatic N) is 3. The van der Waals surface area contributed by atoms with Gasteiger partial charge in [-0.3, -0.25) is 14.4 Å². The lowest BCUT2D eigenvalue weighted by Crippen LogP contribution is -2.60. The average Bonchev–Trinajstić information content (AvgIpc) is 3.46. The molecular weight excluding hydrogens is 416 g/mol. The van der Waals surface area contributed by atoms with Crippen LogP contribution in [0.1, 0.15) is 12.8 Å². The van der Waals surface area contributed by atoms with Crippen LogP contribution in [0.2, 0.25) is 0 Å². The molecular formula is C18H19ClN6O3S. The van der Waals surface area contributed by atoms with E-state index in [1.165, 1.54) is 18.5 Å². The SMILES string of the molecule is CN1/C(=C(Cl)\C=C(/C=O)Nc2cc(NC(=O)C3CC3)ncn2)C(=O)NC12CSC2. The molecule has 0 bridgehead atoms. The first-order valence-electron chi connectivity index (χ1n) is 9.02. The number of amides is 2. The summed E-state index contributed by atoms with van der Waals surface area (Å²) in [6.07, 6.45) is 5.01. The lowest BCUT2D eigenvalue weighted by molar-refractivity contribution is -0.118. The third-order valence-corrected chi connectivity index (χ3v) is 6.65. The number of aromatic nitrogens is 2. The van der Waals surface area contributed by atoms with Gasteiger partial charge in [0.25, 0.3) is 5.91 Å². The molecule has 9 nitrogen and oxygen atoms in total. The Kier molecular flexibility index (Phi) is 5.22. The second kappa shape index (κ2) is 7.68. The lowest BCUT2D eigenvalue weighted by atomic mass is 10.2. The highest BCUT2D eigenvalue weighted by molar-refractivity contribution is 8.00. The number of rotatable bonds is 6. The highest BCUT2D eigenvalue weighted by Crippen LogP contribution is 2.39. The fraction of sp³-hybridized carbons (Fsp3) is 0.389. The molecule has 1 aromatic heterocycles. The van der Waals surface area contributed by atoms with Crippen molar-refractivity contribution in [2.45, 2.75) is 18.5 Å². The quantitative estimate of drug-likeness (QED) is 0.453. The van der Waals surface area contributed by atoms with E-state index in [4.69, 9.17) is 11.6 Å². The first-order valence-corrected chi connectivity index (χ1v) is 10.6. The van der Waals surface area contributed by atoms with Crippen LogP contribution in [0.4, 0.5) is 11.6 Å². The van der Waals surface area contributed by atoms with Crippen molar-refractivity contribution in [2.24, 2.45) is 5.92 Å². The molecule has 2 amide bonds. The molecule has 3 fully saturated rings. The van der Waals surface area contributed by atoms with Gasteiger partial charge in [0.2, 0.25) is 5.91 Å². The van der Waals surface area contributed by atoms with Gasteiger partial charge in [0, 0.05) is 30.5 Å². The number of likely N-dealkylation sites (N-methyl/N-ethyl adjacent to an activating group) is 1. The molecule has 29 heavy (non-hydrogen) atoms. The highest BCUT2D eigenvalue weighted by Gasteiger charge is 2.51. The molecule has 3 aliphatic rings. The molecule has 11 heteroatoms. The molecule has 1 saturated carbocycles. The van der Waals surface area contributed by atoms with Gasteiger partial charge in [0.05, 0.1) is 10.7 Å². The Morgan fingerprint density at radius 3 is 2.59 bits per heavy atom. The van der Waals surface area contributed by atoms with Crippen LogP contribution < -0.4 is 16.0 Å². The summed E-state index contributed by atoms with van der Waals surface area (Å²) < 4.78 is 0. The second-order valence-corrected chi connectivity index (χ2v) is 8.52. The molecule has 152 valence electrons. The van der Waals surface area contributed by atoms with Crippen LogP contribution in [0.25, 0.3) is 0 Å². The maximum absolute atomic E-state index is 12.4. The number of nitrogens with one attached hydrogen (secondary N) is 3. The van der Waals surface area contributed by atoms with Crippen LogP contribution in [0.5, 0.6) is 0 Å². The van der Waals surface area contributed by atoms with Crippen molar-refractivity contribution in [3.8, 4) is 0 Å². The Bertz CT molecular complexity index is 941. The maximum atomic E-state index is 12.4. The van der Waals surface area contributed by atoms with Gasteiger partial charge in [0.15, 0.2) is 6.29 Å². The molecule has 3 N–H and O–H groups in total. The van der Waals surface area contributed by atoms with Crippen molar-refractivity contribution in [1.82, 2.24) is 20.2 Å². The number of anilines is 2. The number of carbonyl (C=O) groups excluding carboxylic acids is 3. The van der Waals surface area contributed by atoms with E-state index in [-0.39, 0.29) is 28.5 Å². The van der Waals surface area contributed by atoms with Crippen LogP contribution in [0.15, 0.2) is 34.9 Å². The minimum Gasteiger partial charge on any atom is -0.345 e. The van der Waals surface area contributed by atoms with E-state index >= 15 is 0 Å². The fourth-order valence-corrected chi connectivity index (χ4v) is 4.52. The second-order valence-electron chi connectivity index (χ2n) is 7.13. The molecule has 1 aliphatic carbocycles. The van der Waals surface area contributed by atoms with Gasteiger partial charge in [-0.2, -0.15) is 11.8 Å². The Balaban J connectivity index is 1.51. The number of aldehydes is 1. The molecule has 0 aromatic carbocycles. The molecule has 0 atom stereocenters. The van der Waals surface area contributed by atoms with Gasteiger partial charge in [-0.15, -0.1) is 0 Å². The van der Waals surface area contributed by atoms with Crippen molar-refractivity contribution in [3.05, 3.63) is 34.9 Å². The zero-order valence-electron chi connectivity index (χ0n) is 15.6. The van der Waals surface area contributed by atoms with Crippen molar-refractivity contribution < 1.29 is 14.4 Å². The van der Waals surface area contributed by atoms with E-state index in [2.05, 4.69) is 25.9 Å². The fourth-order valence-electron chi connectivity index (χ4n) is 3.07. The largest absolute Gasteiger partial charge is 0.345 e. The maximum Gasteiger partial charge on any atom is 0.271 e. The molecule has 2 aliphatic heterocycles. The van der Waals surface area contributed by atoms with Crippen molar-refractivity contribution >= 4 is 53.1 Å². The third-order valence-electron chi connectivity index (χ3n) is 4.99. The van der Waals surface area contributed by atoms with E-state index < -0.39 is 5.66 Å². The summed E-state index contributed by atoms with van der Waals surface area (Å²) in [4.78, 5) is 45.7. The minimum atomic E-state index is -0.402.